The number of primary amides is 2. The van der Waals surface area contributed by atoms with Crippen molar-refractivity contribution in [1.29, 1.82) is 0 Å². The highest BCUT2D eigenvalue weighted by Crippen LogP contribution is 2.22. The Morgan fingerprint density at radius 2 is 1.05 bits per heavy atom. The Kier molecular flexibility index (Phi) is 34.5. The van der Waals surface area contributed by atoms with Crippen LogP contribution in [0, 0.1) is 5.92 Å². The van der Waals surface area contributed by atoms with E-state index in [2.05, 4.69) is 63.1 Å². The normalized spacial score (nSPS) is 14.9. The van der Waals surface area contributed by atoms with Gasteiger partial charge in [-0.2, -0.15) is 0 Å². The predicted octanol–water partition coefficient (Wildman–Crippen LogP) is -0.625. The number of hydrogen-bond acceptors (Lipinski definition) is 17. The number of halogens is 1. The van der Waals surface area contributed by atoms with Gasteiger partial charge in [0, 0.05) is 76.6 Å². The maximum atomic E-state index is 14.9. The van der Waals surface area contributed by atoms with E-state index >= 15 is 0 Å². The number of carboxylic acids is 1. The minimum atomic E-state index is -1.85. The van der Waals surface area contributed by atoms with Gasteiger partial charge in [0.05, 0.1) is 6.61 Å². The quantitative estimate of drug-likeness (QED) is 0.0133. The molecule has 4 aromatic carbocycles. The van der Waals surface area contributed by atoms with E-state index in [9.17, 15) is 67.7 Å². The summed E-state index contributed by atoms with van der Waals surface area (Å²) in [4.78, 5) is 185. The highest BCUT2D eigenvalue weighted by molar-refractivity contribution is 6.30. The second kappa shape index (κ2) is 43.0. The molecule has 0 bridgehead atoms. The molecule has 1 fully saturated rings. The molecule has 2 heterocycles. The number of nitrogens with one attached hydrogen (secondary N) is 10. The number of aliphatic carboxylic acids is 1. The van der Waals surface area contributed by atoms with Crippen molar-refractivity contribution in [3.8, 4) is 5.75 Å². The summed E-state index contributed by atoms with van der Waals surface area (Å²) in [5, 5.41) is 57.0. The van der Waals surface area contributed by atoms with Crippen LogP contribution in [0.15, 0.2) is 121 Å². The first-order valence-electron chi connectivity index (χ1n) is 34.4. The molecule has 33 nitrogen and oxygen atoms in total. The maximum Gasteiger partial charge on any atom is 0.312 e. The molecule has 21 N–H and O–H groups in total. The zero-order chi connectivity index (χ0) is 78.2. The minimum absolute atomic E-state index is 0.000209. The lowest BCUT2D eigenvalue weighted by Gasteiger charge is -2.31. The fourth-order valence-corrected chi connectivity index (χ4v) is 11.5. The lowest BCUT2D eigenvalue weighted by atomic mass is 9.99. The molecular formula is C72H96ClN17O16. The molecule has 0 aliphatic carbocycles. The number of guanidine groups is 1. The number of hydrogen-bond donors (Lipinski definition) is 17. The fraction of sp³-hybridized carbons (Fsp3) is 0.431. The molecule has 6 rings (SSSR count). The third-order valence-corrected chi connectivity index (χ3v) is 16.9. The van der Waals surface area contributed by atoms with E-state index in [0.29, 0.717) is 33.7 Å². The number of aliphatic imine (C=N–C) groups is 1. The van der Waals surface area contributed by atoms with Gasteiger partial charge in [0.2, 0.25) is 65.0 Å². The number of phenolic OH excluding ortho intramolecular Hbond substituents is 1. The summed E-state index contributed by atoms with van der Waals surface area (Å²) >= 11 is 6.23. The van der Waals surface area contributed by atoms with Crippen LogP contribution in [0.4, 0.5) is 4.79 Å². The van der Waals surface area contributed by atoms with Crippen LogP contribution in [0.5, 0.6) is 5.75 Å². The summed E-state index contributed by atoms with van der Waals surface area (Å²) in [5.41, 5.74) is 23.9. The Morgan fingerprint density at radius 3 is 1.58 bits per heavy atom. The number of aromatic hydroxyl groups is 1. The molecule has 1 aromatic heterocycles. The standard InChI is InChI=1S/C70H92ClN17O14.C2H4O2/c1-39(2)31-52(61(94)82-51(15-9-28-77-69(73)74)68(101)88-30-10-16-58(88)67(100)79-40(3)59(72)92)83-60(93)50(14-8-29-78-70(75)102)81-63(96)54(34-43-20-25-49(91)26-21-43)86-66(99)57(38-89)87-65(98)56(36-45-11-7-27-76-37-45)85-64(97)55(33-42-18-23-48(71)24-19-42)84-62(95)53(80-41(4)90)35-44-17-22-46-12-5-6-13-47(46)32-44;1-2(3)4/h5-7,11-13,17-27,32,37,39-40,50-58,89,91H,8-10,14-16,28-31,33-36,38H2,1-4H3,(H2,72,92)(H,79,100)(H,80,90)(H,81,96)(H,82,94)(H,83,93)(H,84,95)(H,85,97)(H,86,99)(H,87,98)(H4,73,74,77)(H3,75,78,102);1H3,(H,3,4). The van der Waals surface area contributed by atoms with Crippen LogP contribution in [-0.2, 0) is 83.2 Å². The third-order valence-electron chi connectivity index (χ3n) is 16.7. The Labute approximate surface area is 617 Å². The zero-order valence-electron chi connectivity index (χ0n) is 59.6. The van der Waals surface area contributed by atoms with E-state index in [1.807, 2.05) is 42.5 Å². The van der Waals surface area contributed by atoms with Gasteiger partial charge < -0.3 is 96.3 Å². The van der Waals surface area contributed by atoms with Crippen molar-refractivity contribution in [2.75, 3.05) is 26.2 Å². The number of aliphatic hydroxyl groups excluding tert-OH is 1. The number of urea groups is 1. The Hall–Kier alpha value is -11.5. The molecule has 0 radical (unpaired) electrons. The van der Waals surface area contributed by atoms with Crippen LogP contribution < -0.4 is 76.1 Å². The summed E-state index contributed by atoms with van der Waals surface area (Å²) in [7, 11) is 0. The molecule has 10 atom stereocenters. The van der Waals surface area contributed by atoms with Crippen LogP contribution >= 0.6 is 11.6 Å². The lowest BCUT2D eigenvalue weighted by molar-refractivity contribution is -0.142. The molecule has 5 aromatic rings. The molecule has 1 aliphatic rings. The second-order valence-electron chi connectivity index (χ2n) is 25.9. The fourth-order valence-electron chi connectivity index (χ4n) is 11.4. The number of fused-ring (bicyclic) bond motifs is 1. The highest BCUT2D eigenvalue weighted by Gasteiger charge is 2.40. The molecule has 572 valence electrons. The largest absolute Gasteiger partial charge is 0.508 e. The number of aliphatic hydroxyl groups is 1. The molecule has 10 unspecified atom stereocenters. The number of nitrogens with two attached hydrogens (primary N) is 4. The summed E-state index contributed by atoms with van der Waals surface area (Å²) in [6, 6.07) is 13.5. The summed E-state index contributed by atoms with van der Waals surface area (Å²) in [6.07, 6.45) is 2.70. The van der Waals surface area contributed by atoms with Gasteiger partial charge >= 0.3 is 6.03 Å². The van der Waals surface area contributed by atoms with Crippen LogP contribution in [0.1, 0.15) is 102 Å². The van der Waals surface area contributed by atoms with Gasteiger partial charge in [-0.15, -0.1) is 0 Å². The molecule has 0 saturated carbocycles. The summed E-state index contributed by atoms with van der Waals surface area (Å²) in [6.45, 7) is 6.23. The van der Waals surface area contributed by atoms with Crippen molar-refractivity contribution in [3.63, 3.8) is 0 Å². The van der Waals surface area contributed by atoms with Crippen molar-refractivity contribution >= 4 is 105 Å². The smallest absolute Gasteiger partial charge is 0.312 e. The number of carboxylic acid groups (broad SMARTS) is 1. The second-order valence-corrected chi connectivity index (χ2v) is 26.3. The number of phenols is 1. The van der Waals surface area contributed by atoms with E-state index in [-0.39, 0.29) is 101 Å². The lowest BCUT2D eigenvalue weighted by Crippen LogP contribution is -2.61. The molecule has 1 aliphatic heterocycles. The predicted molar refractivity (Wildman–Crippen MR) is 392 cm³/mol. The number of nitrogens with zero attached hydrogens (tertiary/aromatic N) is 3. The highest BCUT2D eigenvalue weighted by atomic mass is 35.5. The molecule has 13 amide bonds. The first kappa shape index (κ1) is 85.2. The number of likely N-dealkylation sites (tertiary alicyclic amines) is 1. The number of aromatic nitrogens is 1. The average molecular weight is 1490 g/mol. The van der Waals surface area contributed by atoms with Crippen LogP contribution in [0.3, 0.4) is 0 Å². The van der Waals surface area contributed by atoms with Gasteiger partial charge in [0.25, 0.3) is 5.97 Å². The Balaban J connectivity index is 0.00000491. The summed E-state index contributed by atoms with van der Waals surface area (Å²) < 4.78 is 0. The van der Waals surface area contributed by atoms with Crippen molar-refractivity contribution in [2.24, 2.45) is 33.8 Å². The molecule has 34 heteroatoms. The molecular weight excluding hydrogens is 1390 g/mol. The van der Waals surface area contributed by atoms with Gasteiger partial charge in [0.1, 0.15) is 66.2 Å². The minimum Gasteiger partial charge on any atom is -0.508 e. The SMILES string of the molecule is CC(=O)NC(Cc1ccc2ccccc2c1)C(=O)NC(Cc1ccc(Cl)cc1)C(=O)NC(Cc1cccnc1)C(=O)NC(CO)C(=O)NC(Cc1ccc(O)cc1)C(=O)NC(CCCNC(N)=O)C(=O)NC(CC(C)C)C(=O)NC(CCCN=C(N)N)C(=O)N1CCCC1C(=O)NC(C)C(N)=O.CC(=O)O. The van der Waals surface area contributed by atoms with Gasteiger partial charge in [-0.05, 0) is 121 Å². The molecule has 0 spiro atoms. The Morgan fingerprint density at radius 1 is 0.566 bits per heavy atom. The van der Waals surface area contributed by atoms with Crippen molar-refractivity contribution in [3.05, 3.63) is 143 Å². The number of benzene rings is 4. The van der Waals surface area contributed by atoms with Crippen LogP contribution in [0.2, 0.25) is 5.02 Å². The van der Waals surface area contributed by atoms with Crippen LogP contribution in [0.25, 0.3) is 10.8 Å². The first-order chi connectivity index (χ1) is 50.3. The maximum absolute atomic E-state index is 14.9. The topological polar surface area (TPSA) is 535 Å². The van der Waals surface area contributed by atoms with E-state index in [1.165, 1.54) is 55.4 Å². The van der Waals surface area contributed by atoms with Crippen molar-refractivity contribution < 1.29 is 77.6 Å². The number of pyridine rings is 1. The zero-order valence-corrected chi connectivity index (χ0v) is 60.4. The number of carbonyl (C=O) groups excluding carboxylic acids is 12. The molecule has 1 saturated heterocycles. The van der Waals surface area contributed by atoms with E-state index in [1.54, 1.807) is 50.2 Å². The van der Waals surface area contributed by atoms with Crippen molar-refractivity contribution in [2.45, 2.75) is 166 Å². The third kappa shape index (κ3) is 29.3. The number of carbonyl (C=O) groups is 13. The van der Waals surface area contributed by atoms with E-state index < -0.39 is 144 Å². The number of rotatable bonds is 38. The molecule has 106 heavy (non-hydrogen) atoms. The monoisotopic (exact) mass is 1490 g/mol. The van der Waals surface area contributed by atoms with Crippen molar-refractivity contribution in [1.82, 2.24) is 63.1 Å². The van der Waals surface area contributed by atoms with E-state index in [0.717, 1.165) is 17.7 Å². The van der Waals surface area contributed by atoms with Gasteiger partial charge in [-0.3, -0.25) is 67.5 Å². The van der Waals surface area contributed by atoms with Crippen LogP contribution in [-0.4, -0.2) is 195 Å². The van der Waals surface area contributed by atoms with Gasteiger partial charge in [0.15, 0.2) is 5.96 Å². The summed E-state index contributed by atoms with van der Waals surface area (Å²) in [5.74, 6) is -10.7. The first-order valence-corrected chi connectivity index (χ1v) is 34.8. The Bertz CT molecular complexity index is 3880. The number of amides is 13. The average Bonchev–Trinajstić information content (AvgIpc) is 1.47. The van der Waals surface area contributed by atoms with E-state index in [4.69, 9.17) is 44.4 Å². The van der Waals surface area contributed by atoms with Gasteiger partial charge in [-0.1, -0.05) is 98.2 Å². The van der Waals surface area contributed by atoms with Gasteiger partial charge in [-0.25, -0.2) is 4.79 Å².